The summed E-state index contributed by atoms with van der Waals surface area (Å²) in [5.74, 6) is 0. The van der Waals surface area contributed by atoms with Gasteiger partial charge in [-0.3, -0.25) is 9.78 Å². The summed E-state index contributed by atoms with van der Waals surface area (Å²) in [7, 11) is 1.79. The lowest BCUT2D eigenvalue weighted by atomic mass is 10.1. The van der Waals surface area contributed by atoms with Crippen LogP contribution in [0.15, 0.2) is 36.4 Å². The summed E-state index contributed by atoms with van der Waals surface area (Å²) in [4.78, 5) is 14.3. The van der Waals surface area contributed by atoms with Crippen molar-refractivity contribution in [1.82, 2.24) is 30.2 Å². The van der Waals surface area contributed by atoms with E-state index in [2.05, 4.69) is 27.5 Å². The van der Waals surface area contributed by atoms with E-state index in [0.717, 1.165) is 40.4 Å². The summed E-state index contributed by atoms with van der Waals surface area (Å²) in [6, 6.07) is 11.7. The maximum absolute atomic E-state index is 12.7. The van der Waals surface area contributed by atoms with Gasteiger partial charge in [0.05, 0.1) is 23.1 Å². The Bertz CT molecular complexity index is 943. The highest BCUT2D eigenvalue weighted by Gasteiger charge is 2.20. The van der Waals surface area contributed by atoms with Crippen LogP contribution >= 0.6 is 0 Å². The van der Waals surface area contributed by atoms with Gasteiger partial charge < -0.3 is 10.2 Å². The van der Waals surface area contributed by atoms with Crippen LogP contribution in [0.4, 0.5) is 4.79 Å². The fraction of sp³-hybridized carbons (Fsp3) is 0.381. The molecule has 1 aromatic carbocycles. The molecule has 0 aliphatic carbocycles. The smallest absolute Gasteiger partial charge is 0.317 e. The molecular weight excluding hydrogens is 352 g/mol. The maximum atomic E-state index is 12.7. The molecule has 0 fully saturated rings. The highest BCUT2D eigenvalue weighted by molar-refractivity contribution is 5.74. The topological polar surface area (TPSA) is 78.8 Å². The van der Waals surface area contributed by atoms with Crippen molar-refractivity contribution >= 4 is 6.03 Å². The van der Waals surface area contributed by atoms with Crippen molar-refractivity contribution in [3.8, 4) is 11.3 Å². The van der Waals surface area contributed by atoms with Crippen LogP contribution in [0, 0.1) is 13.8 Å². The van der Waals surface area contributed by atoms with Gasteiger partial charge in [-0.15, -0.1) is 0 Å². The predicted molar refractivity (Wildman–Crippen MR) is 110 cm³/mol. The lowest BCUT2D eigenvalue weighted by Gasteiger charge is -2.24. The molecule has 148 valence electrons. The van der Waals surface area contributed by atoms with E-state index in [4.69, 9.17) is 0 Å². The van der Waals surface area contributed by atoms with Crippen molar-refractivity contribution < 1.29 is 4.79 Å². The number of benzene rings is 1. The summed E-state index contributed by atoms with van der Waals surface area (Å²) >= 11 is 0. The molecule has 0 saturated carbocycles. The molecule has 3 rings (SSSR count). The Morgan fingerprint density at radius 2 is 2.00 bits per heavy atom. The minimum Gasteiger partial charge on any atom is -0.334 e. The Hall–Kier alpha value is -3.09. The number of aromatic amines is 1. The van der Waals surface area contributed by atoms with Gasteiger partial charge >= 0.3 is 6.03 Å². The van der Waals surface area contributed by atoms with E-state index < -0.39 is 0 Å². The SMILES string of the molecule is CCn1nc(C)c(CNC(=O)N(C)[C@@H](C)c2cc(-c3ccccc3)n[nH]2)c1C. The van der Waals surface area contributed by atoms with Gasteiger partial charge in [0.1, 0.15) is 0 Å². The molecule has 0 aliphatic heterocycles. The average molecular weight is 380 g/mol. The summed E-state index contributed by atoms with van der Waals surface area (Å²) in [6.07, 6.45) is 0. The van der Waals surface area contributed by atoms with E-state index in [-0.39, 0.29) is 12.1 Å². The molecule has 1 atom stereocenters. The van der Waals surface area contributed by atoms with Crippen LogP contribution in [-0.2, 0) is 13.1 Å². The van der Waals surface area contributed by atoms with Gasteiger partial charge in [0.15, 0.2) is 0 Å². The third-order valence-electron chi connectivity index (χ3n) is 5.27. The second-order valence-corrected chi connectivity index (χ2v) is 6.99. The number of urea groups is 1. The number of aromatic nitrogens is 4. The van der Waals surface area contributed by atoms with Crippen molar-refractivity contribution in [1.29, 1.82) is 0 Å². The first-order valence-electron chi connectivity index (χ1n) is 9.56. The first-order valence-corrected chi connectivity index (χ1v) is 9.56. The van der Waals surface area contributed by atoms with E-state index in [1.54, 1.807) is 11.9 Å². The maximum Gasteiger partial charge on any atom is 0.317 e. The summed E-state index contributed by atoms with van der Waals surface area (Å²) in [5.41, 5.74) is 5.93. The second kappa shape index (κ2) is 8.29. The third kappa shape index (κ3) is 3.93. The molecule has 7 nitrogen and oxygen atoms in total. The van der Waals surface area contributed by atoms with Crippen molar-refractivity contribution in [3.05, 3.63) is 59.0 Å². The van der Waals surface area contributed by atoms with E-state index >= 15 is 0 Å². The highest BCUT2D eigenvalue weighted by atomic mass is 16.2. The number of amides is 2. The first kappa shape index (κ1) is 19.7. The Balaban J connectivity index is 1.65. The summed E-state index contributed by atoms with van der Waals surface area (Å²) < 4.78 is 1.96. The third-order valence-corrected chi connectivity index (χ3v) is 5.27. The number of H-pyrrole nitrogens is 1. The molecule has 2 heterocycles. The minimum absolute atomic E-state index is 0.133. The molecule has 28 heavy (non-hydrogen) atoms. The number of nitrogens with zero attached hydrogens (tertiary/aromatic N) is 4. The van der Waals surface area contributed by atoms with E-state index in [1.165, 1.54) is 0 Å². The zero-order valence-corrected chi connectivity index (χ0v) is 17.2. The largest absolute Gasteiger partial charge is 0.334 e. The van der Waals surface area contributed by atoms with Gasteiger partial charge in [0.2, 0.25) is 0 Å². The number of nitrogens with one attached hydrogen (secondary N) is 2. The summed E-state index contributed by atoms with van der Waals surface area (Å²) in [6.45, 7) is 9.33. The number of carbonyl (C=O) groups excluding carboxylic acids is 1. The van der Waals surface area contributed by atoms with Gasteiger partial charge in [-0.1, -0.05) is 30.3 Å². The number of rotatable bonds is 6. The van der Waals surface area contributed by atoms with E-state index in [9.17, 15) is 4.79 Å². The fourth-order valence-electron chi connectivity index (χ4n) is 3.28. The van der Waals surface area contributed by atoms with Crippen LogP contribution in [0.25, 0.3) is 11.3 Å². The van der Waals surface area contributed by atoms with Crippen molar-refractivity contribution in [3.63, 3.8) is 0 Å². The Morgan fingerprint density at radius 1 is 1.29 bits per heavy atom. The zero-order chi connectivity index (χ0) is 20.3. The van der Waals surface area contributed by atoms with Crippen LogP contribution < -0.4 is 5.32 Å². The lowest BCUT2D eigenvalue weighted by molar-refractivity contribution is 0.193. The molecule has 0 spiro atoms. The number of carbonyl (C=O) groups is 1. The quantitative estimate of drug-likeness (QED) is 0.682. The zero-order valence-electron chi connectivity index (χ0n) is 17.2. The number of hydrogen-bond donors (Lipinski definition) is 2. The van der Waals surface area contributed by atoms with Crippen molar-refractivity contribution in [2.45, 2.75) is 46.8 Å². The van der Waals surface area contributed by atoms with E-state index in [1.807, 2.05) is 61.9 Å². The molecule has 0 aliphatic rings. The van der Waals surface area contributed by atoms with Crippen LogP contribution in [0.5, 0.6) is 0 Å². The number of hydrogen-bond acceptors (Lipinski definition) is 3. The molecule has 0 unspecified atom stereocenters. The molecule has 0 bridgehead atoms. The normalized spacial score (nSPS) is 12.0. The Morgan fingerprint density at radius 3 is 2.64 bits per heavy atom. The molecule has 2 N–H and O–H groups in total. The van der Waals surface area contributed by atoms with Crippen LogP contribution in [0.1, 0.15) is 42.5 Å². The highest BCUT2D eigenvalue weighted by Crippen LogP contribution is 2.23. The Kier molecular flexibility index (Phi) is 5.82. The molecule has 3 aromatic rings. The lowest BCUT2D eigenvalue weighted by Crippen LogP contribution is -2.38. The van der Waals surface area contributed by atoms with Gasteiger partial charge in [-0.2, -0.15) is 10.2 Å². The van der Waals surface area contributed by atoms with Gasteiger partial charge in [-0.05, 0) is 33.8 Å². The number of aryl methyl sites for hydroxylation is 2. The van der Waals surface area contributed by atoms with Gasteiger partial charge in [-0.25, -0.2) is 4.79 Å². The molecule has 7 heteroatoms. The molecule has 0 radical (unpaired) electrons. The van der Waals surface area contributed by atoms with Crippen molar-refractivity contribution in [2.24, 2.45) is 0 Å². The second-order valence-electron chi connectivity index (χ2n) is 6.99. The standard InChI is InChI=1S/C21H28N6O/c1-6-27-15(3)18(14(2)25-27)13-22-21(28)26(5)16(4)19-12-20(24-23-19)17-10-8-7-9-11-17/h7-12,16H,6,13H2,1-5H3,(H,22,28)(H,23,24)/t16-/m0/s1. The first-order chi connectivity index (χ1) is 13.4. The van der Waals surface area contributed by atoms with Gasteiger partial charge in [0.25, 0.3) is 0 Å². The Labute approximate surface area is 165 Å². The molecular formula is C21H28N6O. The van der Waals surface area contributed by atoms with Gasteiger partial charge in [0, 0.05) is 37.0 Å². The van der Waals surface area contributed by atoms with E-state index in [0.29, 0.717) is 6.54 Å². The minimum atomic E-state index is -0.134. The monoisotopic (exact) mass is 380 g/mol. The molecule has 2 amide bonds. The molecule has 0 saturated heterocycles. The average Bonchev–Trinajstić information content (AvgIpc) is 3.31. The molecule has 2 aromatic heterocycles. The van der Waals surface area contributed by atoms with Crippen molar-refractivity contribution in [2.75, 3.05) is 7.05 Å². The fourth-order valence-corrected chi connectivity index (χ4v) is 3.28. The van der Waals surface area contributed by atoms with Crippen LogP contribution in [0.2, 0.25) is 0 Å². The van der Waals surface area contributed by atoms with Crippen LogP contribution in [-0.4, -0.2) is 38.0 Å². The van der Waals surface area contributed by atoms with Crippen LogP contribution in [0.3, 0.4) is 0 Å². The predicted octanol–water partition coefficient (Wildman–Crippen LogP) is 3.81. The summed E-state index contributed by atoms with van der Waals surface area (Å²) in [5, 5.41) is 15.0.